The van der Waals surface area contributed by atoms with Crippen LogP contribution >= 0.6 is 0 Å². The van der Waals surface area contributed by atoms with E-state index in [2.05, 4.69) is 229 Å². The molecule has 5 aromatic carbocycles. The highest BCUT2D eigenvalue weighted by atomic mass is 15.1. The number of para-hydroxylation sites is 1. The van der Waals surface area contributed by atoms with Crippen molar-refractivity contribution in [3.05, 3.63) is 166 Å². The lowest BCUT2D eigenvalue weighted by Gasteiger charge is -2.48. The van der Waals surface area contributed by atoms with E-state index in [9.17, 15) is 0 Å². The predicted octanol–water partition coefficient (Wildman–Crippen LogP) is 15.8. The summed E-state index contributed by atoms with van der Waals surface area (Å²) in [6.07, 6.45) is 6.10. The monoisotopic (exact) mass is 740 g/mol. The molecule has 0 heterocycles. The fourth-order valence-electron chi connectivity index (χ4n) is 9.07. The van der Waals surface area contributed by atoms with Crippen molar-refractivity contribution < 1.29 is 0 Å². The molecule has 0 amide bonds. The molecule has 0 bridgehead atoms. The van der Waals surface area contributed by atoms with Crippen LogP contribution in [0.15, 0.2) is 133 Å². The van der Waals surface area contributed by atoms with Gasteiger partial charge in [0.1, 0.15) is 0 Å². The molecule has 0 saturated heterocycles. The third-order valence-corrected chi connectivity index (χ3v) is 12.9. The molecule has 56 heavy (non-hydrogen) atoms. The molecule has 0 saturated carbocycles. The summed E-state index contributed by atoms with van der Waals surface area (Å²) in [4.78, 5) is 2.45. The van der Waals surface area contributed by atoms with Crippen molar-refractivity contribution in [2.75, 3.05) is 4.90 Å². The zero-order valence-electron chi connectivity index (χ0n) is 36.8. The first-order valence-corrected chi connectivity index (χ1v) is 20.8. The highest BCUT2D eigenvalue weighted by molar-refractivity contribution is 5.86. The van der Waals surface area contributed by atoms with Crippen LogP contribution < -0.4 is 4.90 Å². The summed E-state index contributed by atoms with van der Waals surface area (Å²) in [5, 5.41) is 0. The zero-order chi connectivity index (χ0) is 40.6. The average molecular weight is 740 g/mol. The van der Waals surface area contributed by atoms with E-state index in [-0.39, 0.29) is 32.5 Å². The van der Waals surface area contributed by atoms with Crippen LogP contribution in [0.1, 0.15) is 137 Å². The third-order valence-electron chi connectivity index (χ3n) is 12.9. The Bertz CT molecular complexity index is 2300. The van der Waals surface area contributed by atoms with Gasteiger partial charge in [-0.1, -0.05) is 188 Å². The molecule has 0 radical (unpaired) electrons. The van der Waals surface area contributed by atoms with E-state index < -0.39 is 0 Å². The molecule has 2 aliphatic rings. The van der Waals surface area contributed by atoms with E-state index in [1.807, 2.05) is 0 Å². The molecular formula is C55H65N. The Balaban J connectivity index is 1.40. The molecule has 0 aliphatic heterocycles. The minimum Gasteiger partial charge on any atom is -0.310 e. The number of allylic oxidation sites excluding steroid dienone is 4. The van der Waals surface area contributed by atoms with Crippen molar-refractivity contribution in [1.29, 1.82) is 0 Å². The van der Waals surface area contributed by atoms with Crippen molar-refractivity contribution in [1.82, 2.24) is 0 Å². The van der Waals surface area contributed by atoms with Gasteiger partial charge in [0.2, 0.25) is 0 Å². The maximum atomic E-state index is 2.66. The molecule has 1 nitrogen and oxygen atoms in total. The molecule has 0 spiro atoms. The van der Waals surface area contributed by atoms with Gasteiger partial charge in [-0.15, -0.1) is 0 Å². The maximum Gasteiger partial charge on any atom is 0.0467 e. The molecule has 1 heteroatoms. The molecule has 0 fully saturated rings. The van der Waals surface area contributed by atoms with Crippen LogP contribution in [0, 0.1) is 10.8 Å². The van der Waals surface area contributed by atoms with E-state index in [4.69, 9.17) is 0 Å². The molecule has 7 rings (SSSR count). The number of fused-ring (bicyclic) bond motifs is 3. The topological polar surface area (TPSA) is 3.24 Å². The Morgan fingerprint density at radius 1 is 0.500 bits per heavy atom. The Labute approximate surface area is 339 Å². The number of rotatable bonds is 5. The standard InChI is InChI=1S/C55H65N/c1-50(2,3)39-31-40(51(4,5)6)33-41(32-39)55(53(10,11)12)35-38(29-42(36-55)52(7,8)9)37-21-20-24-44(30-37)56(43-22-16-15-17-23-43)45-27-28-47-46-25-18-19-26-48(46)54(13,14)49(47)34-45/h15-34,36H,35H2,1-14H3. The molecular weight excluding hydrogens is 675 g/mol. The fourth-order valence-corrected chi connectivity index (χ4v) is 9.07. The summed E-state index contributed by atoms with van der Waals surface area (Å²) in [7, 11) is 0. The van der Waals surface area contributed by atoms with Gasteiger partial charge < -0.3 is 4.90 Å². The Morgan fingerprint density at radius 3 is 1.68 bits per heavy atom. The van der Waals surface area contributed by atoms with Gasteiger partial charge in [0.05, 0.1) is 0 Å². The first-order valence-electron chi connectivity index (χ1n) is 20.8. The van der Waals surface area contributed by atoms with Gasteiger partial charge in [0, 0.05) is 27.9 Å². The average Bonchev–Trinajstić information content (AvgIpc) is 3.36. The summed E-state index contributed by atoms with van der Waals surface area (Å²) in [5.41, 5.74) is 17.0. The largest absolute Gasteiger partial charge is 0.310 e. The number of hydrogen-bond acceptors (Lipinski definition) is 1. The maximum absolute atomic E-state index is 2.66. The second-order valence-corrected chi connectivity index (χ2v) is 21.3. The summed E-state index contributed by atoms with van der Waals surface area (Å²) in [5.74, 6) is 0. The normalized spacial score (nSPS) is 18.2. The van der Waals surface area contributed by atoms with Crippen LogP contribution in [0.3, 0.4) is 0 Å². The summed E-state index contributed by atoms with van der Waals surface area (Å²) in [6, 6.07) is 43.8. The molecule has 5 aromatic rings. The fraction of sp³-hybridized carbons (Fsp3) is 0.382. The van der Waals surface area contributed by atoms with Gasteiger partial charge in [0.15, 0.2) is 0 Å². The van der Waals surface area contributed by atoms with Crippen LogP contribution in [0.2, 0.25) is 0 Å². The number of anilines is 3. The smallest absolute Gasteiger partial charge is 0.0467 e. The minimum absolute atomic E-state index is 0.0286. The van der Waals surface area contributed by atoms with Crippen molar-refractivity contribution in [3.63, 3.8) is 0 Å². The van der Waals surface area contributed by atoms with Crippen LogP contribution in [-0.4, -0.2) is 0 Å². The first kappa shape index (κ1) is 39.6. The third kappa shape index (κ3) is 7.01. The second-order valence-electron chi connectivity index (χ2n) is 21.3. The number of hydrogen-bond donors (Lipinski definition) is 0. The second kappa shape index (κ2) is 13.5. The van der Waals surface area contributed by atoms with E-state index in [0.717, 1.165) is 12.1 Å². The van der Waals surface area contributed by atoms with Crippen LogP contribution in [-0.2, 0) is 21.7 Å². The summed E-state index contributed by atoms with van der Waals surface area (Å²) >= 11 is 0. The lowest BCUT2D eigenvalue weighted by Crippen LogP contribution is -2.41. The van der Waals surface area contributed by atoms with Gasteiger partial charge in [0.25, 0.3) is 0 Å². The Kier molecular flexibility index (Phi) is 9.55. The van der Waals surface area contributed by atoms with Crippen LogP contribution in [0.4, 0.5) is 17.1 Å². The lowest BCUT2D eigenvalue weighted by atomic mass is 9.55. The number of benzene rings is 5. The van der Waals surface area contributed by atoms with Gasteiger partial charge in [-0.2, -0.15) is 0 Å². The predicted molar refractivity (Wildman–Crippen MR) is 244 cm³/mol. The van der Waals surface area contributed by atoms with Crippen molar-refractivity contribution >= 4 is 22.6 Å². The lowest BCUT2D eigenvalue weighted by molar-refractivity contribution is 0.235. The van der Waals surface area contributed by atoms with Crippen LogP contribution in [0.25, 0.3) is 16.7 Å². The molecule has 2 aliphatic carbocycles. The Hall–Kier alpha value is -4.62. The molecule has 0 aromatic heterocycles. The molecule has 290 valence electrons. The van der Waals surface area contributed by atoms with E-state index in [0.29, 0.717) is 0 Å². The zero-order valence-corrected chi connectivity index (χ0v) is 36.8. The van der Waals surface area contributed by atoms with Crippen molar-refractivity contribution in [3.8, 4) is 11.1 Å². The van der Waals surface area contributed by atoms with Gasteiger partial charge >= 0.3 is 0 Å². The molecule has 1 unspecified atom stereocenters. The highest BCUT2D eigenvalue weighted by Crippen LogP contribution is 2.55. The van der Waals surface area contributed by atoms with Gasteiger partial charge in [-0.25, -0.2) is 0 Å². The first-order chi connectivity index (χ1) is 26.0. The summed E-state index contributed by atoms with van der Waals surface area (Å²) < 4.78 is 0. The van der Waals surface area contributed by atoms with Crippen LogP contribution in [0.5, 0.6) is 0 Å². The SMILES string of the molecule is CC(C)(C)C1=CC(c2cc(C(C)(C)C)cc(C(C)(C)C)c2)(C(C)(C)C)CC(c2cccc(N(c3ccccc3)c3ccc4c(c3)C(C)(C)c3ccccc3-4)c2)=C1. The quantitative estimate of drug-likeness (QED) is 0.173. The van der Waals surface area contributed by atoms with Gasteiger partial charge in [-0.3, -0.25) is 0 Å². The minimum atomic E-state index is -0.226. The van der Waals surface area contributed by atoms with E-state index in [1.54, 1.807) is 0 Å². The molecule has 0 N–H and O–H groups in total. The number of nitrogens with zero attached hydrogens (tertiary/aromatic N) is 1. The van der Waals surface area contributed by atoms with E-state index >= 15 is 0 Å². The van der Waals surface area contributed by atoms with Crippen molar-refractivity contribution in [2.45, 2.75) is 125 Å². The van der Waals surface area contributed by atoms with Crippen molar-refractivity contribution in [2.24, 2.45) is 10.8 Å². The summed E-state index contributed by atoms with van der Waals surface area (Å²) in [6.45, 7) is 33.4. The van der Waals surface area contributed by atoms with Gasteiger partial charge in [-0.05, 0) is 120 Å². The molecule has 1 atom stereocenters. The Morgan fingerprint density at radius 2 is 1.07 bits per heavy atom. The van der Waals surface area contributed by atoms with E-state index in [1.165, 1.54) is 67.0 Å². The highest BCUT2D eigenvalue weighted by Gasteiger charge is 2.46.